The molecule has 1 amide bonds. The number of hydrogen-bond donors (Lipinski definition) is 1. The van der Waals surface area contributed by atoms with E-state index in [2.05, 4.69) is 20.1 Å². The van der Waals surface area contributed by atoms with Crippen molar-refractivity contribution in [2.75, 3.05) is 5.32 Å². The van der Waals surface area contributed by atoms with Crippen LogP contribution in [-0.4, -0.2) is 20.7 Å². The molecule has 2 aromatic carbocycles. The highest BCUT2D eigenvalue weighted by Crippen LogP contribution is 2.49. The normalized spacial score (nSPS) is 17.3. The van der Waals surface area contributed by atoms with Crippen LogP contribution in [0.5, 0.6) is 0 Å². The molecule has 1 N–H and O–H groups in total. The lowest BCUT2D eigenvalue weighted by Crippen LogP contribution is -2.27. The van der Waals surface area contributed by atoms with Crippen LogP contribution in [0.25, 0.3) is 11.4 Å². The molecule has 6 heteroatoms. The van der Waals surface area contributed by atoms with Gasteiger partial charge in [-0.25, -0.2) is 4.39 Å². The fourth-order valence-corrected chi connectivity index (χ4v) is 4.23. The maximum absolute atomic E-state index is 13.3. The number of halogens is 1. The zero-order chi connectivity index (χ0) is 19.8. The Balaban J connectivity index is 1.39. The number of benzene rings is 2. The molecule has 1 aliphatic carbocycles. The highest BCUT2D eigenvalue weighted by Gasteiger charge is 2.51. The maximum atomic E-state index is 13.3. The van der Waals surface area contributed by atoms with E-state index in [0.717, 1.165) is 67.1 Å². The predicted octanol–water partition coefficient (Wildman–Crippen LogP) is 4.48. The number of hydrogen-bond acceptors (Lipinski definition) is 3. The first-order chi connectivity index (χ1) is 14.2. The SMILES string of the molecule is O=C(Nc1cccc(-c2nnc3n2CCCCC3)c1)C1(c2ccc(F)cc2)CC1. The molecular weight excluding hydrogens is 367 g/mol. The first-order valence-electron chi connectivity index (χ1n) is 10.3. The van der Waals surface area contributed by atoms with Crippen molar-refractivity contribution in [3.05, 3.63) is 65.7 Å². The highest BCUT2D eigenvalue weighted by atomic mass is 19.1. The average molecular weight is 390 g/mol. The molecule has 1 saturated carbocycles. The van der Waals surface area contributed by atoms with E-state index in [4.69, 9.17) is 0 Å². The van der Waals surface area contributed by atoms with E-state index in [1.807, 2.05) is 24.3 Å². The van der Waals surface area contributed by atoms with Crippen LogP contribution >= 0.6 is 0 Å². The number of nitrogens with zero attached hydrogens (tertiary/aromatic N) is 3. The van der Waals surface area contributed by atoms with Crippen molar-refractivity contribution in [3.8, 4) is 11.4 Å². The molecule has 0 unspecified atom stereocenters. The standard InChI is InChI=1S/C23H23FN4O/c24-18-10-8-17(9-11-18)23(12-13-23)22(29)25-19-6-4-5-16(15-19)21-27-26-20-7-2-1-3-14-28(20)21/h4-6,8-11,15H,1-3,7,12-14H2,(H,25,29). The molecule has 0 atom stereocenters. The number of carbonyl (C=O) groups is 1. The average Bonchev–Trinajstić information content (AvgIpc) is 3.49. The van der Waals surface area contributed by atoms with Gasteiger partial charge in [0.05, 0.1) is 5.41 Å². The molecule has 3 aromatic rings. The molecule has 0 spiro atoms. The summed E-state index contributed by atoms with van der Waals surface area (Å²) in [5.74, 6) is 1.57. The highest BCUT2D eigenvalue weighted by molar-refractivity contribution is 6.01. The Labute approximate surface area is 169 Å². The Bertz CT molecular complexity index is 1050. The summed E-state index contributed by atoms with van der Waals surface area (Å²) in [4.78, 5) is 13.0. The van der Waals surface area contributed by atoms with E-state index in [-0.39, 0.29) is 11.7 Å². The van der Waals surface area contributed by atoms with Gasteiger partial charge in [0.25, 0.3) is 0 Å². The number of anilines is 1. The number of carbonyl (C=O) groups excluding carboxylic acids is 1. The van der Waals surface area contributed by atoms with Crippen LogP contribution < -0.4 is 5.32 Å². The largest absolute Gasteiger partial charge is 0.325 e. The number of aromatic nitrogens is 3. The number of aryl methyl sites for hydroxylation is 1. The van der Waals surface area contributed by atoms with Gasteiger partial charge < -0.3 is 9.88 Å². The van der Waals surface area contributed by atoms with Crippen LogP contribution in [0.1, 0.15) is 43.5 Å². The third kappa shape index (κ3) is 3.33. The van der Waals surface area contributed by atoms with Crippen molar-refractivity contribution in [1.82, 2.24) is 14.8 Å². The minimum absolute atomic E-state index is 0.0404. The minimum atomic E-state index is -0.546. The predicted molar refractivity (Wildman–Crippen MR) is 109 cm³/mol. The van der Waals surface area contributed by atoms with Crippen molar-refractivity contribution >= 4 is 11.6 Å². The van der Waals surface area contributed by atoms with E-state index in [1.54, 1.807) is 12.1 Å². The summed E-state index contributed by atoms with van der Waals surface area (Å²) in [6, 6.07) is 14.0. The number of rotatable bonds is 4. The molecule has 0 radical (unpaired) electrons. The van der Waals surface area contributed by atoms with E-state index in [9.17, 15) is 9.18 Å². The van der Waals surface area contributed by atoms with Crippen LogP contribution in [0.4, 0.5) is 10.1 Å². The van der Waals surface area contributed by atoms with Gasteiger partial charge in [-0.1, -0.05) is 30.7 Å². The third-order valence-electron chi connectivity index (χ3n) is 6.07. The second-order valence-corrected chi connectivity index (χ2v) is 8.03. The second kappa shape index (κ2) is 7.10. The van der Waals surface area contributed by atoms with Gasteiger partial charge in [0, 0.05) is 24.2 Å². The molecule has 5 rings (SSSR count). The lowest BCUT2D eigenvalue weighted by Gasteiger charge is -2.16. The second-order valence-electron chi connectivity index (χ2n) is 8.03. The molecule has 2 heterocycles. The molecule has 1 aliphatic heterocycles. The summed E-state index contributed by atoms with van der Waals surface area (Å²) in [5.41, 5.74) is 2.02. The number of nitrogens with one attached hydrogen (secondary N) is 1. The van der Waals surface area contributed by atoms with Gasteiger partial charge in [-0.15, -0.1) is 10.2 Å². The fraction of sp³-hybridized carbons (Fsp3) is 0.348. The Kier molecular flexibility index (Phi) is 4.42. The third-order valence-corrected chi connectivity index (χ3v) is 6.07. The Hall–Kier alpha value is -3.02. The van der Waals surface area contributed by atoms with Gasteiger partial charge in [-0.3, -0.25) is 4.79 Å². The first-order valence-corrected chi connectivity index (χ1v) is 10.3. The molecule has 29 heavy (non-hydrogen) atoms. The molecule has 0 saturated heterocycles. The Morgan fingerprint density at radius 3 is 2.66 bits per heavy atom. The van der Waals surface area contributed by atoms with Gasteiger partial charge >= 0.3 is 0 Å². The Morgan fingerprint density at radius 1 is 1.03 bits per heavy atom. The van der Waals surface area contributed by atoms with Crippen molar-refractivity contribution in [3.63, 3.8) is 0 Å². The van der Waals surface area contributed by atoms with Crippen LogP contribution in [-0.2, 0) is 23.2 Å². The van der Waals surface area contributed by atoms with Crippen LogP contribution in [0.15, 0.2) is 48.5 Å². The van der Waals surface area contributed by atoms with Crippen LogP contribution in [0.2, 0.25) is 0 Å². The zero-order valence-electron chi connectivity index (χ0n) is 16.2. The summed E-state index contributed by atoms with van der Waals surface area (Å²) in [6.45, 7) is 0.932. The lowest BCUT2D eigenvalue weighted by atomic mass is 9.95. The molecule has 0 bridgehead atoms. The van der Waals surface area contributed by atoms with E-state index >= 15 is 0 Å². The quantitative estimate of drug-likeness (QED) is 0.714. The van der Waals surface area contributed by atoms with Gasteiger partial charge in [0.2, 0.25) is 5.91 Å². The molecule has 148 valence electrons. The maximum Gasteiger partial charge on any atom is 0.235 e. The fourth-order valence-electron chi connectivity index (χ4n) is 4.23. The summed E-state index contributed by atoms with van der Waals surface area (Å²) in [5, 5.41) is 11.8. The van der Waals surface area contributed by atoms with E-state index < -0.39 is 5.41 Å². The smallest absolute Gasteiger partial charge is 0.235 e. The first kappa shape index (κ1) is 18.0. The molecule has 2 aliphatic rings. The lowest BCUT2D eigenvalue weighted by molar-refractivity contribution is -0.118. The monoisotopic (exact) mass is 390 g/mol. The van der Waals surface area contributed by atoms with Crippen molar-refractivity contribution in [2.24, 2.45) is 0 Å². The van der Waals surface area contributed by atoms with E-state index in [1.165, 1.54) is 18.6 Å². The van der Waals surface area contributed by atoms with Crippen LogP contribution in [0.3, 0.4) is 0 Å². The van der Waals surface area contributed by atoms with Crippen molar-refractivity contribution < 1.29 is 9.18 Å². The number of fused-ring (bicyclic) bond motifs is 1. The van der Waals surface area contributed by atoms with Gasteiger partial charge in [0.1, 0.15) is 11.6 Å². The van der Waals surface area contributed by atoms with Crippen molar-refractivity contribution in [2.45, 2.75) is 50.5 Å². The Morgan fingerprint density at radius 2 is 1.86 bits per heavy atom. The zero-order valence-corrected chi connectivity index (χ0v) is 16.2. The topological polar surface area (TPSA) is 59.8 Å². The van der Waals surface area contributed by atoms with Gasteiger partial charge in [0.15, 0.2) is 5.82 Å². The summed E-state index contributed by atoms with van der Waals surface area (Å²) >= 11 is 0. The van der Waals surface area contributed by atoms with Gasteiger partial charge in [-0.05, 0) is 55.5 Å². The molecular formula is C23H23FN4O. The molecule has 1 aromatic heterocycles. The van der Waals surface area contributed by atoms with Crippen molar-refractivity contribution in [1.29, 1.82) is 0 Å². The summed E-state index contributed by atoms with van der Waals surface area (Å²) < 4.78 is 15.5. The van der Waals surface area contributed by atoms with E-state index in [0.29, 0.717) is 0 Å². The summed E-state index contributed by atoms with van der Waals surface area (Å²) in [7, 11) is 0. The number of amides is 1. The molecule has 1 fully saturated rings. The van der Waals surface area contributed by atoms with Crippen LogP contribution in [0, 0.1) is 5.82 Å². The summed E-state index contributed by atoms with van der Waals surface area (Å²) in [6.07, 6.45) is 6.02. The molecule has 5 nitrogen and oxygen atoms in total. The van der Waals surface area contributed by atoms with Gasteiger partial charge in [-0.2, -0.15) is 0 Å². The minimum Gasteiger partial charge on any atom is -0.325 e.